The van der Waals surface area contributed by atoms with E-state index in [1.54, 1.807) is 46.4 Å². The Balaban J connectivity index is 1.68. The van der Waals surface area contributed by atoms with Gasteiger partial charge in [0.25, 0.3) is 5.91 Å². The number of Topliss-reactive ketones (excluding diaryl/α,β-unsaturated/α-hetero) is 1. The van der Waals surface area contributed by atoms with E-state index in [0.29, 0.717) is 23.6 Å². The molecule has 5 N–H and O–H groups in total. The molecule has 4 rings (SSSR count). The second kappa shape index (κ2) is 14.3. The topological polar surface area (TPSA) is 199 Å². The Morgan fingerprint density at radius 3 is 2.35 bits per heavy atom. The van der Waals surface area contributed by atoms with E-state index in [1.165, 1.54) is 15.8 Å². The second-order valence-corrected chi connectivity index (χ2v) is 15.6. The van der Waals surface area contributed by atoms with Crippen molar-refractivity contribution in [3.05, 3.63) is 11.9 Å². The number of nitrogens with one attached hydrogen (secondary N) is 2. The zero-order valence-corrected chi connectivity index (χ0v) is 28.4. The van der Waals surface area contributed by atoms with Crippen LogP contribution in [0.15, 0.2) is 6.20 Å². The van der Waals surface area contributed by atoms with Crippen molar-refractivity contribution < 1.29 is 33.8 Å². The van der Waals surface area contributed by atoms with E-state index in [9.17, 15) is 29.1 Å². The minimum Gasteiger partial charge on any atom is -0.444 e. The van der Waals surface area contributed by atoms with Crippen molar-refractivity contribution in [2.45, 2.75) is 127 Å². The number of likely N-dealkylation sites (tertiary alicyclic amines) is 1. The highest BCUT2D eigenvalue weighted by Crippen LogP contribution is 2.35. The van der Waals surface area contributed by atoms with Gasteiger partial charge in [-0.05, 0) is 71.3 Å². The molecule has 1 aromatic rings. The lowest BCUT2D eigenvalue weighted by Gasteiger charge is -2.37. The van der Waals surface area contributed by atoms with E-state index in [2.05, 4.69) is 20.9 Å². The van der Waals surface area contributed by atoms with Gasteiger partial charge in [0, 0.05) is 13.0 Å². The second-order valence-electron chi connectivity index (χ2n) is 14.3. The minimum atomic E-state index is -1.47. The summed E-state index contributed by atoms with van der Waals surface area (Å²) in [5, 5.41) is 24.6. The van der Waals surface area contributed by atoms with Crippen LogP contribution in [0.3, 0.4) is 0 Å². The first kappa shape index (κ1) is 35.7. The van der Waals surface area contributed by atoms with Crippen LogP contribution < -0.4 is 16.4 Å². The first-order valence-electron chi connectivity index (χ1n) is 16.2. The van der Waals surface area contributed by atoms with Crippen molar-refractivity contribution >= 4 is 41.4 Å². The van der Waals surface area contributed by atoms with Crippen LogP contribution in [0.2, 0.25) is 0 Å². The van der Waals surface area contributed by atoms with E-state index in [0.717, 1.165) is 32.1 Å². The molecule has 3 fully saturated rings. The van der Waals surface area contributed by atoms with Gasteiger partial charge in [-0.2, -0.15) is 11.8 Å². The molecule has 3 heterocycles. The molecular formula is C31H49N7O7S. The van der Waals surface area contributed by atoms with Gasteiger partial charge in [0.1, 0.15) is 28.8 Å². The van der Waals surface area contributed by atoms with Gasteiger partial charge in [-0.25, -0.2) is 9.48 Å². The third-order valence-electron chi connectivity index (χ3n) is 9.06. The minimum absolute atomic E-state index is 0.0349. The Morgan fingerprint density at radius 1 is 1.11 bits per heavy atom. The fourth-order valence-corrected chi connectivity index (χ4v) is 7.94. The number of alkyl carbamates (subject to hydrolysis) is 1. The highest BCUT2D eigenvalue weighted by atomic mass is 32.2. The Hall–Kier alpha value is -3.20. The maximum absolute atomic E-state index is 14.5. The number of ether oxygens (including phenoxy) is 1. The fraction of sp³-hybridized carbons (Fsp3) is 0.774. The van der Waals surface area contributed by atoms with Crippen molar-refractivity contribution in [1.29, 1.82) is 0 Å². The number of aromatic nitrogens is 3. The molecule has 15 heteroatoms. The highest BCUT2D eigenvalue weighted by Gasteiger charge is 2.49. The normalized spacial score (nSPS) is 23.0. The maximum Gasteiger partial charge on any atom is 0.408 e. The quantitative estimate of drug-likeness (QED) is 0.268. The molecule has 2 saturated heterocycles. The van der Waals surface area contributed by atoms with Crippen LogP contribution in [-0.4, -0.2) is 95.9 Å². The maximum atomic E-state index is 14.5. The summed E-state index contributed by atoms with van der Waals surface area (Å²) in [7, 11) is 0. The smallest absolute Gasteiger partial charge is 0.408 e. The summed E-state index contributed by atoms with van der Waals surface area (Å²) in [6.07, 6.45) is 6.69. The number of nitrogens with zero attached hydrogens (tertiary/aromatic N) is 4. The summed E-state index contributed by atoms with van der Waals surface area (Å²) in [4.78, 5) is 68.2. The fourth-order valence-electron chi connectivity index (χ4n) is 6.75. The number of hydrogen-bond acceptors (Lipinski definition) is 10. The van der Waals surface area contributed by atoms with Crippen LogP contribution in [0.5, 0.6) is 0 Å². The molecular weight excluding hydrogens is 614 g/mol. The molecule has 1 saturated carbocycles. The van der Waals surface area contributed by atoms with Gasteiger partial charge < -0.3 is 31.1 Å². The lowest BCUT2D eigenvalue weighted by molar-refractivity contribution is -0.145. The zero-order chi connectivity index (χ0) is 33.9. The molecule has 0 unspecified atom stereocenters. The van der Waals surface area contributed by atoms with Crippen LogP contribution in [-0.2, 0) is 29.5 Å². The van der Waals surface area contributed by atoms with E-state index < -0.39 is 64.5 Å². The zero-order valence-electron chi connectivity index (χ0n) is 27.5. The Kier molecular flexibility index (Phi) is 11.1. The first-order chi connectivity index (χ1) is 21.5. The number of amides is 4. The van der Waals surface area contributed by atoms with E-state index >= 15 is 0 Å². The van der Waals surface area contributed by atoms with Crippen molar-refractivity contribution in [3.63, 3.8) is 0 Å². The molecule has 14 nitrogen and oxygen atoms in total. The molecule has 1 aromatic heterocycles. The highest BCUT2D eigenvalue weighted by molar-refractivity contribution is 7.99. The third kappa shape index (κ3) is 8.58. The van der Waals surface area contributed by atoms with Crippen molar-refractivity contribution in [2.75, 3.05) is 18.1 Å². The van der Waals surface area contributed by atoms with Gasteiger partial charge >= 0.3 is 6.09 Å². The van der Waals surface area contributed by atoms with Gasteiger partial charge in [-0.1, -0.05) is 37.3 Å². The molecule has 46 heavy (non-hydrogen) atoms. The van der Waals surface area contributed by atoms with Gasteiger partial charge in [-0.3, -0.25) is 19.2 Å². The number of hydrogen-bond donors (Lipinski definition) is 4. The monoisotopic (exact) mass is 663 g/mol. The number of ketones is 1. The SMILES string of the molecule is CC(C)(C)OC(=O)N[C@H](CC1CCCCC1)C(=O)N1C[C@@H](n2nncc2C(C)(C)O)C[C@H]1C(=O)NC1(C(=O)C(N)=O)CCSCC1. The first-order valence-corrected chi connectivity index (χ1v) is 17.3. The van der Waals surface area contributed by atoms with Gasteiger partial charge in [0.2, 0.25) is 17.6 Å². The van der Waals surface area contributed by atoms with Crippen molar-refractivity contribution in [2.24, 2.45) is 11.7 Å². The predicted octanol–water partition coefficient (Wildman–Crippen LogP) is 1.95. The molecule has 256 valence electrons. The molecule has 4 amide bonds. The lowest BCUT2D eigenvalue weighted by atomic mass is 9.84. The summed E-state index contributed by atoms with van der Waals surface area (Å²) >= 11 is 1.61. The molecule has 0 aromatic carbocycles. The average Bonchev–Trinajstić information content (AvgIpc) is 3.64. The Bertz CT molecular complexity index is 1290. The molecule has 1 aliphatic carbocycles. The Morgan fingerprint density at radius 2 is 1.76 bits per heavy atom. The number of thioether (sulfide) groups is 1. The van der Waals surface area contributed by atoms with Gasteiger partial charge in [0.15, 0.2) is 0 Å². The van der Waals surface area contributed by atoms with Crippen LogP contribution in [0, 0.1) is 5.92 Å². The van der Waals surface area contributed by atoms with E-state index in [-0.39, 0.29) is 31.7 Å². The lowest BCUT2D eigenvalue weighted by Crippen LogP contribution is -2.63. The Labute approximate surface area is 274 Å². The third-order valence-corrected chi connectivity index (χ3v) is 10.0. The summed E-state index contributed by atoms with van der Waals surface area (Å²) < 4.78 is 7.03. The average molecular weight is 664 g/mol. The van der Waals surface area contributed by atoms with Gasteiger partial charge in [0.05, 0.1) is 17.9 Å². The summed E-state index contributed by atoms with van der Waals surface area (Å²) in [6.45, 7) is 8.43. The summed E-state index contributed by atoms with van der Waals surface area (Å²) in [5.41, 5.74) is 2.25. The van der Waals surface area contributed by atoms with Crippen LogP contribution in [0.4, 0.5) is 4.79 Å². The van der Waals surface area contributed by atoms with E-state index in [1.807, 2.05) is 0 Å². The predicted molar refractivity (Wildman–Crippen MR) is 170 cm³/mol. The number of nitrogens with two attached hydrogens (primary N) is 1. The molecule has 2 aliphatic heterocycles. The number of rotatable bonds is 10. The van der Waals surface area contributed by atoms with Crippen LogP contribution in [0.25, 0.3) is 0 Å². The number of primary amides is 1. The van der Waals surface area contributed by atoms with Gasteiger partial charge in [-0.15, -0.1) is 5.10 Å². The van der Waals surface area contributed by atoms with E-state index in [4.69, 9.17) is 10.5 Å². The van der Waals surface area contributed by atoms with Crippen LogP contribution >= 0.6 is 11.8 Å². The molecule has 3 atom stereocenters. The number of aliphatic hydroxyl groups is 1. The summed E-state index contributed by atoms with van der Waals surface area (Å²) in [6, 6.07) is -2.59. The molecule has 3 aliphatic rings. The number of carbonyl (C=O) groups excluding carboxylic acids is 5. The largest absolute Gasteiger partial charge is 0.444 e. The molecule has 0 bridgehead atoms. The van der Waals surface area contributed by atoms with Crippen LogP contribution in [0.1, 0.15) is 104 Å². The number of carbonyl (C=O) groups is 5. The molecule has 0 radical (unpaired) electrons. The molecule has 0 spiro atoms. The summed E-state index contributed by atoms with van der Waals surface area (Å²) in [5.74, 6) is -1.75. The standard InChI is InChI=1S/C31H49N7O7S/c1-29(2,3)45-28(43)34-21(15-19-9-7-6-8-10-19)27(42)37-18-20(38-23(17-33-36-38)30(4,5)44)16-22(37)26(41)35-31(24(39)25(32)40)11-13-46-14-12-31/h17,19-22,44H,6-16,18H2,1-5H3,(H2,32,40)(H,34,43)(H,35,41)/t20-,21+,22-/m0/s1. The van der Waals surface area contributed by atoms with Crippen molar-refractivity contribution in [3.8, 4) is 0 Å². The van der Waals surface area contributed by atoms with Crippen molar-refractivity contribution in [1.82, 2.24) is 30.5 Å².